The van der Waals surface area contributed by atoms with Crippen molar-refractivity contribution < 1.29 is 14.7 Å². The first kappa shape index (κ1) is 15.1. The molecule has 0 aromatic heterocycles. The number of carbonyl (C=O) groups is 2. The Morgan fingerprint density at radius 3 is 2.45 bits per heavy atom. The lowest BCUT2D eigenvalue weighted by Gasteiger charge is -2.37. The van der Waals surface area contributed by atoms with Crippen molar-refractivity contribution in [3.8, 4) is 0 Å². The molecule has 1 aliphatic heterocycles. The van der Waals surface area contributed by atoms with E-state index in [1.165, 1.54) is 0 Å². The average Bonchev–Trinajstić information content (AvgIpc) is 2.41. The first-order valence-electron chi connectivity index (χ1n) is 7.66. The van der Waals surface area contributed by atoms with Crippen LogP contribution in [-0.2, 0) is 4.79 Å². The van der Waals surface area contributed by atoms with Gasteiger partial charge in [0.05, 0.1) is 5.92 Å². The number of amides is 2. The number of hydrogen-bond acceptors (Lipinski definition) is 2. The van der Waals surface area contributed by atoms with E-state index in [1.54, 1.807) is 4.90 Å². The van der Waals surface area contributed by atoms with Crippen LogP contribution >= 0.6 is 0 Å². The van der Waals surface area contributed by atoms with E-state index in [-0.39, 0.29) is 12.1 Å². The van der Waals surface area contributed by atoms with Crippen LogP contribution in [0.4, 0.5) is 4.79 Å². The molecule has 2 N–H and O–H groups in total. The number of carboxylic acids is 1. The molecular formula is C15H26N2O3. The number of nitrogens with one attached hydrogen (secondary N) is 1. The summed E-state index contributed by atoms with van der Waals surface area (Å²) in [5.41, 5.74) is 0.390. The van der Waals surface area contributed by atoms with Crippen molar-refractivity contribution in [3.63, 3.8) is 0 Å². The summed E-state index contributed by atoms with van der Waals surface area (Å²) in [6.07, 6.45) is 5.77. The summed E-state index contributed by atoms with van der Waals surface area (Å²) in [5, 5.41) is 12.1. The minimum atomic E-state index is -0.790. The van der Waals surface area contributed by atoms with E-state index >= 15 is 0 Å². The molecule has 1 aliphatic carbocycles. The molecule has 0 aromatic rings. The number of nitrogens with zero attached hydrogens (tertiary/aromatic N) is 1. The van der Waals surface area contributed by atoms with Gasteiger partial charge in [0.15, 0.2) is 0 Å². The Morgan fingerprint density at radius 2 is 1.85 bits per heavy atom. The highest BCUT2D eigenvalue weighted by atomic mass is 16.4. The molecule has 20 heavy (non-hydrogen) atoms. The zero-order valence-corrected chi connectivity index (χ0v) is 12.5. The van der Waals surface area contributed by atoms with Gasteiger partial charge in [-0.2, -0.15) is 0 Å². The first-order valence-corrected chi connectivity index (χ1v) is 7.66. The van der Waals surface area contributed by atoms with Gasteiger partial charge in [-0.15, -0.1) is 0 Å². The van der Waals surface area contributed by atoms with E-state index in [9.17, 15) is 9.59 Å². The fraction of sp³-hybridized carbons (Fsp3) is 0.867. The van der Waals surface area contributed by atoms with Crippen LogP contribution in [0.2, 0.25) is 0 Å². The number of hydrogen-bond donors (Lipinski definition) is 2. The second-order valence-electron chi connectivity index (χ2n) is 7.01. The van der Waals surface area contributed by atoms with Gasteiger partial charge in [-0.05, 0) is 43.9 Å². The number of piperidine rings is 1. The third-order valence-corrected chi connectivity index (χ3v) is 4.72. The molecule has 1 saturated carbocycles. The highest BCUT2D eigenvalue weighted by Crippen LogP contribution is 2.35. The Labute approximate surface area is 120 Å². The van der Waals surface area contributed by atoms with Crippen molar-refractivity contribution in [1.82, 2.24) is 10.2 Å². The minimum absolute atomic E-state index is 0.0827. The summed E-state index contributed by atoms with van der Waals surface area (Å²) >= 11 is 0. The van der Waals surface area contributed by atoms with Gasteiger partial charge in [-0.3, -0.25) is 4.79 Å². The maximum atomic E-state index is 12.2. The molecule has 5 heteroatoms. The molecule has 1 atom stereocenters. The van der Waals surface area contributed by atoms with Gasteiger partial charge < -0.3 is 15.3 Å². The van der Waals surface area contributed by atoms with Crippen molar-refractivity contribution >= 4 is 12.0 Å². The molecule has 2 rings (SSSR count). The quantitative estimate of drug-likeness (QED) is 0.817. The first-order chi connectivity index (χ1) is 9.37. The molecule has 5 nitrogen and oxygen atoms in total. The smallest absolute Gasteiger partial charge is 0.317 e. The molecule has 1 unspecified atom stereocenters. The molecular weight excluding hydrogens is 256 g/mol. The van der Waals surface area contributed by atoms with E-state index in [0.717, 1.165) is 32.1 Å². The predicted molar refractivity (Wildman–Crippen MR) is 76.5 cm³/mol. The molecule has 2 fully saturated rings. The van der Waals surface area contributed by atoms with Crippen LogP contribution in [-0.4, -0.2) is 41.1 Å². The fourth-order valence-corrected chi connectivity index (χ4v) is 3.17. The standard InChI is InChI=1S/C15H26N2O3/c1-15(2)7-5-12(6-8-15)16-14(20)17-9-3-4-11(10-17)13(18)19/h11-12H,3-10H2,1-2H3,(H,16,20)(H,18,19). The topological polar surface area (TPSA) is 69.6 Å². The van der Waals surface area contributed by atoms with E-state index in [4.69, 9.17) is 5.11 Å². The Morgan fingerprint density at radius 1 is 1.20 bits per heavy atom. The maximum Gasteiger partial charge on any atom is 0.317 e. The van der Waals surface area contributed by atoms with Gasteiger partial charge in [0.2, 0.25) is 0 Å². The SMILES string of the molecule is CC1(C)CCC(NC(=O)N2CCCC(C(=O)O)C2)CC1. The number of urea groups is 1. The Bertz CT molecular complexity index is 371. The van der Waals surface area contributed by atoms with Gasteiger partial charge in [0.25, 0.3) is 0 Å². The molecule has 2 amide bonds. The van der Waals surface area contributed by atoms with Crippen molar-refractivity contribution in [2.24, 2.45) is 11.3 Å². The summed E-state index contributed by atoms with van der Waals surface area (Å²) in [4.78, 5) is 24.9. The van der Waals surface area contributed by atoms with Crippen molar-refractivity contribution in [2.75, 3.05) is 13.1 Å². The monoisotopic (exact) mass is 282 g/mol. The van der Waals surface area contributed by atoms with E-state index < -0.39 is 11.9 Å². The number of rotatable bonds is 2. The second kappa shape index (κ2) is 6.02. The molecule has 1 heterocycles. The second-order valence-corrected chi connectivity index (χ2v) is 7.01. The molecule has 0 aromatic carbocycles. The molecule has 114 valence electrons. The summed E-state index contributed by atoms with van der Waals surface area (Å²) in [5.74, 6) is -1.19. The highest BCUT2D eigenvalue weighted by Gasteiger charge is 2.31. The summed E-state index contributed by atoms with van der Waals surface area (Å²) in [6, 6.07) is 0.168. The zero-order chi connectivity index (χ0) is 14.8. The molecule has 0 spiro atoms. The Kier molecular flexibility index (Phi) is 4.55. The van der Waals surface area contributed by atoms with E-state index in [1.807, 2.05) is 0 Å². The van der Waals surface area contributed by atoms with Crippen LogP contribution in [0.25, 0.3) is 0 Å². The lowest BCUT2D eigenvalue weighted by molar-refractivity contribution is -0.143. The van der Waals surface area contributed by atoms with Gasteiger partial charge in [-0.1, -0.05) is 13.8 Å². The number of carbonyl (C=O) groups excluding carboxylic acids is 1. The van der Waals surface area contributed by atoms with E-state index in [2.05, 4.69) is 19.2 Å². The minimum Gasteiger partial charge on any atom is -0.481 e. The highest BCUT2D eigenvalue weighted by molar-refractivity contribution is 5.76. The maximum absolute atomic E-state index is 12.2. The van der Waals surface area contributed by atoms with Crippen LogP contribution in [0.15, 0.2) is 0 Å². The molecule has 2 aliphatic rings. The van der Waals surface area contributed by atoms with Gasteiger partial charge in [0, 0.05) is 19.1 Å². The zero-order valence-electron chi connectivity index (χ0n) is 12.5. The van der Waals surface area contributed by atoms with Crippen LogP contribution in [0.5, 0.6) is 0 Å². The van der Waals surface area contributed by atoms with Gasteiger partial charge >= 0.3 is 12.0 Å². The van der Waals surface area contributed by atoms with Crippen LogP contribution in [0.3, 0.4) is 0 Å². The van der Waals surface area contributed by atoms with Crippen LogP contribution < -0.4 is 5.32 Å². The average molecular weight is 282 g/mol. The predicted octanol–water partition coefficient (Wildman–Crippen LogP) is 2.46. The number of aliphatic carboxylic acids is 1. The molecule has 0 bridgehead atoms. The van der Waals surface area contributed by atoms with Gasteiger partial charge in [0.1, 0.15) is 0 Å². The third kappa shape index (κ3) is 3.87. The lowest BCUT2D eigenvalue weighted by Crippen LogP contribution is -2.50. The number of carboxylic acid groups (broad SMARTS) is 1. The molecule has 0 radical (unpaired) electrons. The summed E-state index contributed by atoms with van der Waals surface area (Å²) in [6.45, 7) is 5.56. The summed E-state index contributed by atoms with van der Waals surface area (Å²) < 4.78 is 0. The Balaban J connectivity index is 1.81. The van der Waals surface area contributed by atoms with E-state index in [0.29, 0.717) is 24.9 Å². The molecule has 1 saturated heterocycles. The fourth-order valence-electron chi connectivity index (χ4n) is 3.17. The lowest BCUT2D eigenvalue weighted by atomic mass is 9.75. The van der Waals surface area contributed by atoms with Gasteiger partial charge in [-0.25, -0.2) is 4.79 Å². The largest absolute Gasteiger partial charge is 0.481 e. The summed E-state index contributed by atoms with van der Waals surface area (Å²) in [7, 11) is 0. The third-order valence-electron chi connectivity index (χ3n) is 4.72. The van der Waals surface area contributed by atoms with Crippen LogP contribution in [0.1, 0.15) is 52.4 Å². The van der Waals surface area contributed by atoms with Crippen molar-refractivity contribution in [1.29, 1.82) is 0 Å². The van der Waals surface area contributed by atoms with Crippen molar-refractivity contribution in [3.05, 3.63) is 0 Å². The Hall–Kier alpha value is -1.26. The van der Waals surface area contributed by atoms with Crippen LogP contribution in [0, 0.1) is 11.3 Å². The van der Waals surface area contributed by atoms with Crippen molar-refractivity contribution in [2.45, 2.75) is 58.4 Å². The normalized spacial score (nSPS) is 27.1. The number of likely N-dealkylation sites (tertiary alicyclic amines) is 1.